The summed E-state index contributed by atoms with van der Waals surface area (Å²) in [6, 6.07) is 11.7. The molecule has 0 fully saturated rings. The molecular weight excluding hydrogens is 313 g/mol. The highest BCUT2D eigenvalue weighted by molar-refractivity contribution is 6.33. The first-order chi connectivity index (χ1) is 10.4. The van der Waals surface area contributed by atoms with Gasteiger partial charge in [-0.15, -0.1) is 0 Å². The van der Waals surface area contributed by atoms with Gasteiger partial charge in [0.25, 0.3) is 0 Å². The van der Waals surface area contributed by atoms with Gasteiger partial charge in [0.1, 0.15) is 0 Å². The Morgan fingerprint density at radius 2 is 1.82 bits per heavy atom. The lowest BCUT2D eigenvalue weighted by molar-refractivity contribution is -0.148. The van der Waals surface area contributed by atoms with Gasteiger partial charge in [-0.1, -0.05) is 48.0 Å². The van der Waals surface area contributed by atoms with Crippen LogP contribution in [0.3, 0.4) is 0 Å². The summed E-state index contributed by atoms with van der Waals surface area (Å²) in [5.41, 5.74) is 0.708. The Kier molecular flexibility index (Phi) is 4.84. The van der Waals surface area contributed by atoms with Crippen LogP contribution in [0.5, 0.6) is 0 Å². The summed E-state index contributed by atoms with van der Waals surface area (Å²) in [6.07, 6.45) is -3.43. The molecule has 112 valence electrons. The number of aliphatic imine (C=N–C) groups is 1. The predicted molar refractivity (Wildman–Crippen MR) is 79.0 cm³/mol. The van der Waals surface area contributed by atoms with Crippen LogP contribution in [0.2, 0.25) is 5.02 Å². The lowest BCUT2D eigenvalue weighted by Crippen LogP contribution is -2.19. The lowest BCUT2D eigenvalue weighted by Gasteiger charge is -2.16. The Labute approximate surface area is 130 Å². The smallest absolute Gasteiger partial charge is 0.275 e. The summed E-state index contributed by atoms with van der Waals surface area (Å²) in [4.78, 5) is 3.63. The maximum Gasteiger partial charge on any atom is 0.414 e. The molecule has 2 nitrogen and oxygen atoms in total. The van der Waals surface area contributed by atoms with E-state index in [-0.39, 0.29) is 10.6 Å². The van der Waals surface area contributed by atoms with Crippen LogP contribution in [0.15, 0.2) is 53.5 Å². The lowest BCUT2D eigenvalue weighted by atomic mass is 10.1. The van der Waals surface area contributed by atoms with Crippen molar-refractivity contribution in [1.82, 2.24) is 0 Å². The Morgan fingerprint density at radius 3 is 2.36 bits per heavy atom. The van der Waals surface area contributed by atoms with Gasteiger partial charge in [0, 0.05) is 11.8 Å². The zero-order valence-electron chi connectivity index (χ0n) is 11.2. The minimum atomic E-state index is -4.50. The molecule has 1 atom stereocenters. The fourth-order valence-electron chi connectivity index (χ4n) is 1.85. The second-order valence-electron chi connectivity index (χ2n) is 4.48. The van der Waals surface area contributed by atoms with Gasteiger partial charge in [0.2, 0.25) is 0 Å². The first-order valence-corrected chi connectivity index (χ1v) is 6.64. The summed E-state index contributed by atoms with van der Waals surface area (Å²) in [6.45, 7) is 0. The predicted octanol–water partition coefficient (Wildman–Crippen LogP) is 4.93. The third kappa shape index (κ3) is 3.86. The van der Waals surface area contributed by atoms with E-state index in [1.54, 1.807) is 6.07 Å². The van der Waals surface area contributed by atoms with Gasteiger partial charge in [0.15, 0.2) is 6.04 Å². The number of alkyl halides is 3. The van der Waals surface area contributed by atoms with Crippen LogP contribution in [0, 0.1) is 11.3 Å². The highest BCUT2D eigenvalue weighted by Crippen LogP contribution is 2.35. The van der Waals surface area contributed by atoms with Crippen molar-refractivity contribution in [3.05, 3.63) is 70.2 Å². The molecule has 0 radical (unpaired) electrons. The van der Waals surface area contributed by atoms with Crippen LogP contribution in [-0.2, 0) is 0 Å². The molecule has 2 aromatic carbocycles. The van der Waals surface area contributed by atoms with E-state index in [1.807, 2.05) is 6.07 Å². The van der Waals surface area contributed by atoms with E-state index in [1.165, 1.54) is 42.5 Å². The van der Waals surface area contributed by atoms with E-state index in [9.17, 15) is 13.2 Å². The third-order valence-electron chi connectivity index (χ3n) is 2.92. The summed E-state index contributed by atoms with van der Waals surface area (Å²) in [7, 11) is 0. The average Bonchev–Trinajstić information content (AvgIpc) is 2.48. The van der Waals surface area contributed by atoms with Gasteiger partial charge in [0.05, 0.1) is 16.7 Å². The minimum Gasteiger partial charge on any atom is -0.275 e. The van der Waals surface area contributed by atoms with Crippen LogP contribution in [0.1, 0.15) is 22.7 Å². The Morgan fingerprint density at radius 1 is 1.14 bits per heavy atom. The second-order valence-corrected chi connectivity index (χ2v) is 4.89. The first kappa shape index (κ1) is 16.1. The van der Waals surface area contributed by atoms with Crippen LogP contribution in [-0.4, -0.2) is 12.4 Å². The molecule has 0 amide bonds. The monoisotopic (exact) mass is 322 g/mol. The molecule has 0 saturated heterocycles. The molecule has 0 aliphatic heterocycles. The van der Waals surface area contributed by atoms with E-state index in [2.05, 4.69) is 4.99 Å². The minimum absolute atomic E-state index is 0.0519. The molecule has 0 saturated carbocycles. The highest BCUT2D eigenvalue weighted by atomic mass is 35.5. The summed E-state index contributed by atoms with van der Waals surface area (Å²) < 4.78 is 39.4. The maximum atomic E-state index is 13.1. The summed E-state index contributed by atoms with van der Waals surface area (Å²) in [5.74, 6) is 0. The van der Waals surface area contributed by atoms with Crippen molar-refractivity contribution < 1.29 is 13.2 Å². The van der Waals surface area contributed by atoms with E-state index < -0.39 is 12.2 Å². The molecular formula is C16H10ClF3N2. The van der Waals surface area contributed by atoms with Crippen LogP contribution in [0.25, 0.3) is 0 Å². The Balaban J connectivity index is 2.34. The van der Waals surface area contributed by atoms with Crippen LogP contribution < -0.4 is 0 Å². The topological polar surface area (TPSA) is 36.1 Å². The van der Waals surface area contributed by atoms with Gasteiger partial charge >= 0.3 is 6.18 Å². The molecule has 0 N–H and O–H groups in total. The van der Waals surface area contributed by atoms with E-state index in [0.29, 0.717) is 11.1 Å². The molecule has 0 aromatic heterocycles. The van der Waals surface area contributed by atoms with Crippen molar-refractivity contribution in [3.8, 4) is 6.07 Å². The molecule has 2 rings (SSSR count). The van der Waals surface area contributed by atoms with Crippen molar-refractivity contribution in [2.24, 2.45) is 4.99 Å². The molecule has 2 aromatic rings. The fourth-order valence-corrected chi connectivity index (χ4v) is 2.08. The van der Waals surface area contributed by atoms with Crippen molar-refractivity contribution in [3.63, 3.8) is 0 Å². The summed E-state index contributed by atoms with van der Waals surface area (Å²) in [5, 5.41) is 8.91. The zero-order chi connectivity index (χ0) is 16.2. The quantitative estimate of drug-likeness (QED) is 0.738. The number of rotatable bonds is 3. The van der Waals surface area contributed by atoms with Gasteiger partial charge in [-0.3, -0.25) is 4.99 Å². The number of nitriles is 1. The molecule has 0 bridgehead atoms. The van der Waals surface area contributed by atoms with E-state index in [4.69, 9.17) is 16.9 Å². The maximum absolute atomic E-state index is 13.1. The fraction of sp³-hybridized carbons (Fsp3) is 0.125. The molecule has 0 aliphatic carbocycles. The van der Waals surface area contributed by atoms with Crippen molar-refractivity contribution in [2.75, 3.05) is 0 Å². The van der Waals surface area contributed by atoms with Gasteiger partial charge < -0.3 is 0 Å². The van der Waals surface area contributed by atoms with E-state index in [0.717, 1.165) is 6.21 Å². The molecule has 0 spiro atoms. The Bertz CT molecular complexity index is 718. The average molecular weight is 323 g/mol. The van der Waals surface area contributed by atoms with Crippen molar-refractivity contribution in [1.29, 1.82) is 5.26 Å². The normalized spacial score (nSPS) is 13.0. The van der Waals surface area contributed by atoms with Crippen LogP contribution >= 0.6 is 11.6 Å². The first-order valence-electron chi connectivity index (χ1n) is 6.26. The molecule has 0 aliphatic rings. The van der Waals surface area contributed by atoms with Gasteiger partial charge in [-0.2, -0.15) is 18.4 Å². The number of hydrogen-bond donors (Lipinski definition) is 0. The zero-order valence-corrected chi connectivity index (χ0v) is 11.9. The van der Waals surface area contributed by atoms with E-state index >= 15 is 0 Å². The van der Waals surface area contributed by atoms with Crippen molar-refractivity contribution in [2.45, 2.75) is 12.2 Å². The SMILES string of the molecule is N#Cc1ccc(C=NC(c2ccccc2)C(F)(F)F)c(Cl)c1. The Hall–Kier alpha value is -2.32. The van der Waals surface area contributed by atoms with Gasteiger partial charge in [-0.05, 0) is 17.7 Å². The molecule has 0 heterocycles. The van der Waals surface area contributed by atoms with Crippen LogP contribution in [0.4, 0.5) is 13.2 Å². The number of nitrogens with zero attached hydrogens (tertiary/aromatic N) is 2. The van der Waals surface area contributed by atoms with Crippen molar-refractivity contribution >= 4 is 17.8 Å². The largest absolute Gasteiger partial charge is 0.414 e. The molecule has 1 unspecified atom stereocenters. The highest BCUT2D eigenvalue weighted by Gasteiger charge is 2.40. The standard InChI is InChI=1S/C16H10ClF3N2/c17-14-8-11(9-21)6-7-13(14)10-22-15(16(18,19)20)12-4-2-1-3-5-12/h1-8,10,15H. The summed E-state index contributed by atoms with van der Waals surface area (Å²) >= 11 is 5.93. The molecule has 22 heavy (non-hydrogen) atoms. The second kappa shape index (κ2) is 6.63. The third-order valence-corrected chi connectivity index (χ3v) is 3.24. The molecule has 6 heteroatoms. The number of halogens is 4. The number of hydrogen-bond acceptors (Lipinski definition) is 2. The van der Waals surface area contributed by atoms with Gasteiger partial charge in [-0.25, -0.2) is 0 Å². The number of benzene rings is 2.